The lowest BCUT2D eigenvalue weighted by molar-refractivity contribution is -0.870. The highest BCUT2D eigenvalue weighted by Crippen LogP contribution is 2.37. The summed E-state index contributed by atoms with van der Waals surface area (Å²) in [6.07, 6.45) is 9.77. The number of nitrogens with zero attached hydrogens (tertiary/aromatic N) is 1. The minimum atomic E-state index is -0.208. The zero-order valence-electron chi connectivity index (χ0n) is 16.1. The van der Waals surface area contributed by atoms with Gasteiger partial charge in [-0.2, -0.15) is 0 Å². The Morgan fingerprint density at radius 1 is 1.00 bits per heavy atom. The maximum atomic E-state index is 13.2. The zero-order valence-corrected chi connectivity index (χ0v) is 16.1. The van der Waals surface area contributed by atoms with E-state index < -0.39 is 0 Å². The third-order valence-electron chi connectivity index (χ3n) is 6.35. The second kappa shape index (κ2) is 7.85. The summed E-state index contributed by atoms with van der Waals surface area (Å²) < 4.78 is 5.18. The number of benzene rings is 1. The number of carbonyl (C=O) groups is 2. The molecule has 0 unspecified atom stereocenters. The molecule has 0 saturated carbocycles. The van der Waals surface area contributed by atoms with Crippen LogP contribution in [0.2, 0.25) is 0 Å². The molecular formula is C22H29N2O3+. The Hall–Kier alpha value is -2.14. The van der Waals surface area contributed by atoms with Crippen LogP contribution in [0.4, 0.5) is 5.69 Å². The topological polar surface area (TPSA) is 51.0 Å². The number of allylic oxidation sites excluding steroid dienone is 2. The van der Waals surface area contributed by atoms with Gasteiger partial charge in [-0.05, 0) is 68.9 Å². The molecule has 1 aromatic carbocycles. The Morgan fingerprint density at radius 2 is 1.74 bits per heavy atom. The first-order chi connectivity index (χ1) is 13.2. The molecule has 5 nitrogen and oxygen atoms in total. The molecule has 2 aliphatic heterocycles. The highest BCUT2D eigenvalue weighted by Gasteiger charge is 2.47. The lowest BCUT2D eigenvalue weighted by atomic mass is 9.80. The van der Waals surface area contributed by atoms with Crippen molar-refractivity contribution >= 4 is 17.5 Å². The van der Waals surface area contributed by atoms with E-state index in [-0.39, 0.29) is 23.7 Å². The number of ether oxygens (including phenoxy) is 1. The van der Waals surface area contributed by atoms with E-state index >= 15 is 0 Å². The normalized spacial score (nSPS) is 27.0. The Bertz CT molecular complexity index is 734. The van der Waals surface area contributed by atoms with Crippen molar-refractivity contribution in [3.8, 4) is 5.75 Å². The van der Waals surface area contributed by atoms with Crippen molar-refractivity contribution in [2.75, 3.05) is 25.1 Å². The number of likely N-dealkylation sites (tertiary alicyclic amines) is 1. The average Bonchev–Trinajstić information content (AvgIpc) is 3.02. The maximum absolute atomic E-state index is 13.2. The van der Waals surface area contributed by atoms with Crippen LogP contribution in [0.25, 0.3) is 0 Å². The molecule has 27 heavy (non-hydrogen) atoms. The Balaban J connectivity index is 1.56. The van der Waals surface area contributed by atoms with Crippen molar-refractivity contribution in [1.29, 1.82) is 0 Å². The van der Waals surface area contributed by atoms with Crippen LogP contribution in [-0.4, -0.2) is 32.0 Å². The molecule has 4 rings (SSSR count). The fourth-order valence-electron chi connectivity index (χ4n) is 4.97. The van der Waals surface area contributed by atoms with Crippen LogP contribution < -0.4 is 14.5 Å². The molecule has 144 valence electrons. The molecule has 1 aromatic rings. The molecule has 3 aliphatic rings. The molecule has 1 N–H and O–H groups in total. The zero-order chi connectivity index (χ0) is 18.8. The smallest absolute Gasteiger partial charge is 0.238 e. The molecule has 0 spiro atoms. The van der Waals surface area contributed by atoms with Crippen molar-refractivity contribution in [1.82, 2.24) is 0 Å². The fraction of sp³-hybridized carbons (Fsp3) is 0.545. The number of piperidine rings is 1. The molecule has 2 heterocycles. The van der Waals surface area contributed by atoms with Crippen molar-refractivity contribution in [2.45, 2.75) is 44.9 Å². The van der Waals surface area contributed by atoms with Crippen molar-refractivity contribution < 1.29 is 19.2 Å². The van der Waals surface area contributed by atoms with Crippen LogP contribution in [0.15, 0.2) is 36.0 Å². The first kappa shape index (κ1) is 18.2. The molecule has 2 amide bonds. The number of quaternary nitrogens is 1. The summed E-state index contributed by atoms with van der Waals surface area (Å²) in [5.74, 6) is 0.626. The predicted octanol–water partition coefficient (Wildman–Crippen LogP) is 2.33. The number of carbonyl (C=O) groups excluding carboxylic acids is 2. The van der Waals surface area contributed by atoms with Gasteiger partial charge in [0, 0.05) is 12.3 Å². The number of anilines is 1. The molecule has 2 atom stereocenters. The van der Waals surface area contributed by atoms with E-state index in [2.05, 4.69) is 6.08 Å². The molecule has 2 fully saturated rings. The first-order valence-corrected chi connectivity index (χ1v) is 10.2. The van der Waals surface area contributed by atoms with Crippen molar-refractivity contribution in [3.63, 3.8) is 0 Å². The summed E-state index contributed by atoms with van der Waals surface area (Å²) >= 11 is 0. The predicted molar refractivity (Wildman–Crippen MR) is 104 cm³/mol. The number of rotatable bonds is 4. The number of amides is 2. The Morgan fingerprint density at radius 3 is 2.44 bits per heavy atom. The summed E-state index contributed by atoms with van der Waals surface area (Å²) in [5, 5.41) is 0. The van der Waals surface area contributed by atoms with Gasteiger partial charge in [-0.1, -0.05) is 0 Å². The van der Waals surface area contributed by atoms with E-state index in [0.29, 0.717) is 12.1 Å². The van der Waals surface area contributed by atoms with Gasteiger partial charge in [-0.15, -0.1) is 0 Å². The van der Waals surface area contributed by atoms with Crippen LogP contribution in [0, 0.1) is 11.8 Å². The first-order valence-electron chi connectivity index (χ1n) is 10.2. The largest absolute Gasteiger partial charge is 0.497 e. The minimum Gasteiger partial charge on any atom is -0.497 e. The van der Waals surface area contributed by atoms with Gasteiger partial charge >= 0.3 is 0 Å². The number of imide groups is 1. The van der Waals surface area contributed by atoms with Gasteiger partial charge < -0.3 is 9.64 Å². The quantitative estimate of drug-likeness (QED) is 0.829. The third kappa shape index (κ3) is 3.53. The fourth-order valence-corrected chi connectivity index (χ4v) is 4.97. The summed E-state index contributed by atoms with van der Waals surface area (Å²) in [5.41, 5.74) is 2.06. The van der Waals surface area contributed by atoms with Crippen molar-refractivity contribution in [3.05, 3.63) is 36.0 Å². The highest BCUT2D eigenvalue weighted by atomic mass is 16.5. The molecule has 0 aromatic heterocycles. The van der Waals surface area contributed by atoms with Crippen LogP contribution in [0.1, 0.15) is 44.9 Å². The molecule has 0 radical (unpaired) electrons. The van der Waals surface area contributed by atoms with E-state index in [4.69, 9.17) is 4.74 Å². The van der Waals surface area contributed by atoms with E-state index in [1.54, 1.807) is 36.3 Å². The van der Waals surface area contributed by atoms with Crippen LogP contribution >= 0.6 is 0 Å². The second-order valence-corrected chi connectivity index (χ2v) is 7.94. The van der Waals surface area contributed by atoms with E-state index in [1.165, 1.54) is 42.9 Å². The number of hydrogen-bond donors (Lipinski definition) is 1. The van der Waals surface area contributed by atoms with Gasteiger partial charge in [0.15, 0.2) is 0 Å². The SMILES string of the molecule is COc1ccc(N2C(=O)C[C@@H]([C@@H]3CCCC=C3[NH+]3CCCCC3)C2=O)cc1. The Kier molecular flexibility index (Phi) is 5.30. The lowest BCUT2D eigenvalue weighted by Gasteiger charge is -2.34. The summed E-state index contributed by atoms with van der Waals surface area (Å²) in [6, 6.07) is 7.19. The third-order valence-corrected chi connectivity index (χ3v) is 6.35. The molecule has 1 aliphatic carbocycles. The maximum Gasteiger partial charge on any atom is 0.238 e. The van der Waals surface area contributed by atoms with Gasteiger partial charge in [0.2, 0.25) is 11.8 Å². The van der Waals surface area contributed by atoms with Crippen LogP contribution in [0.5, 0.6) is 5.75 Å². The monoisotopic (exact) mass is 369 g/mol. The molecule has 0 bridgehead atoms. The summed E-state index contributed by atoms with van der Waals surface area (Å²) in [7, 11) is 1.61. The van der Waals surface area contributed by atoms with Gasteiger partial charge in [0.05, 0.1) is 31.8 Å². The minimum absolute atomic E-state index is 0.0284. The molecular weight excluding hydrogens is 340 g/mol. The Labute approximate surface area is 161 Å². The van der Waals surface area contributed by atoms with E-state index in [0.717, 1.165) is 25.0 Å². The summed E-state index contributed by atoms with van der Waals surface area (Å²) in [4.78, 5) is 28.9. The number of hydrogen-bond acceptors (Lipinski definition) is 3. The number of methoxy groups -OCH3 is 1. The lowest BCUT2D eigenvalue weighted by Crippen LogP contribution is -3.11. The molecule has 2 saturated heterocycles. The second-order valence-electron chi connectivity index (χ2n) is 7.94. The standard InChI is InChI=1S/C22H28N2O3/c1-27-17-11-9-16(10-12-17)24-21(25)15-19(22(24)26)18-7-3-4-8-20(18)23-13-5-2-6-14-23/h8-12,18-19H,2-7,13-15H2,1H3/p+1/t18-,19-/m0/s1. The summed E-state index contributed by atoms with van der Waals surface area (Å²) in [6.45, 7) is 2.33. The number of nitrogens with one attached hydrogen (secondary N) is 1. The highest BCUT2D eigenvalue weighted by molar-refractivity contribution is 6.21. The van der Waals surface area contributed by atoms with E-state index in [9.17, 15) is 9.59 Å². The van der Waals surface area contributed by atoms with Gasteiger partial charge in [0.1, 0.15) is 11.4 Å². The van der Waals surface area contributed by atoms with Gasteiger partial charge in [-0.3, -0.25) is 14.5 Å². The van der Waals surface area contributed by atoms with Crippen LogP contribution in [0.3, 0.4) is 0 Å². The van der Waals surface area contributed by atoms with Gasteiger partial charge in [0.25, 0.3) is 0 Å². The van der Waals surface area contributed by atoms with Crippen molar-refractivity contribution in [2.24, 2.45) is 11.8 Å². The van der Waals surface area contributed by atoms with E-state index in [1.807, 2.05) is 0 Å². The molecule has 5 heteroatoms. The average molecular weight is 369 g/mol. The van der Waals surface area contributed by atoms with Crippen LogP contribution in [-0.2, 0) is 9.59 Å². The van der Waals surface area contributed by atoms with Gasteiger partial charge in [-0.25, -0.2) is 0 Å².